The lowest BCUT2D eigenvalue weighted by Crippen LogP contribution is -2.35. The molecular formula is C13H17BrN4O. The monoisotopic (exact) mass is 324 g/mol. The zero-order valence-corrected chi connectivity index (χ0v) is 12.5. The van der Waals surface area contributed by atoms with Crippen LogP contribution in [0.1, 0.15) is 37.9 Å². The molecule has 3 rings (SSSR count). The molecule has 2 fully saturated rings. The summed E-state index contributed by atoms with van der Waals surface area (Å²) in [4.78, 5) is 22.4. The first kappa shape index (κ1) is 12.8. The van der Waals surface area contributed by atoms with Gasteiger partial charge in [0.2, 0.25) is 5.91 Å². The summed E-state index contributed by atoms with van der Waals surface area (Å²) >= 11 is 3.46. The van der Waals surface area contributed by atoms with Crippen LogP contribution >= 0.6 is 15.9 Å². The van der Waals surface area contributed by atoms with Gasteiger partial charge in [-0.2, -0.15) is 0 Å². The number of halogens is 1. The fourth-order valence-corrected chi connectivity index (χ4v) is 2.87. The van der Waals surface area contributed by atoms with E-state index in [1.807, 2.05) is 6.07 Å². The zero-order chi connectivity index (χ0) is 13.4. The molecule has 2 heterocycles. The molecule has 1 N–H and O–H groups in total. The molecule has 1 atom stereocenters. The second kappa shape index (κ2) is 5.07. The van der Waals surface area contributed by atoms with Crippen LogP contribution in [0.4, 0.5) is 5.82 Å². The van der Waals surface area contributed by atoms with Gasteiger partial charge < -0.3 is 10.2 Å². The van der Waals surface area contributed by atoms with Gasteiger partial charge in [-0.05, 0) is 35.2 Å². The molecule has 1 aromatic heterocycles. The van der Waals surface area contributed by atoms with E-state index in [0.29, 0.717) is 5.92 Å². The molecule has 5 nitrogen and oxygen atoms in total. The van der Waals surface area contributed by atoms with Crippen LogP contribution in [0.15, 0.2) is 10.7 Å². The summed E-state index contributed by atoms with van der Waals surface area (Å²) in [6.45, 7) is 3.32. The Hall–Kier alpha value is -1.17. The summed E-state index contributed by atoms with van der Waals surface area (Å²) in [5.74, 6) is 2.50. The predicted octanol–water partition coefficient (Wildman–Crippen LogP) is 1.83. The topological polar surface area (TPSA) is 58.1 Å². The molecule has 1 aromatic rings. The van der Waals surface area contributed by atoms with Crippen molar-refractivity contribution in [2.75, 3.05) is 18.0 Å². The summed E-state index contributed by atoms with van der Waals surface area (Å²) in [5.41, 5.74) is 0. The van der Waals surface area contributed by atoms with Gasteiger partial charge in [0, 0.05) is 38.0 Å². The Morgan fingerprint density at radius 1 is 1.42 bits per heavy atom. The van der Waals surface area contributed by atoms with E-state index in [1.54, 1.807) is 6.92 Å². The molecular weight excluding hydrogens is 308 g/mol. The second-order valence-electron chi connectivity index (χ2n) is 5.31. The van der Waals surface area contributed by atoms with E-state index in [9.17, 15) is 4.79 Å². The van der Waals surface area contributed by atoms with Crippen molar-refractivity contribution < 1.29 is 4.79 Å². The average Bonchev–Trinajstić information content (AvgIpc) is 3.09. The lowest BCUT2D eigenvalue weighted by molar-refractivity contribution is -0.119. The largest absolute Gasteiger partial charge is 0.354 e. The molecule has 0 spiro atoms. The molecule has 0 bridgehead atoms. The molecule has 0 radical (unpaired) electrons. The van der Waals surface area contributed by atoms with Gasteiger partial charge in [0.05, 0.1) is 0 Å². The van der Waals surface area contributed by atoms with E-state index < -0.39 is 0 Å². The first-order chi connectivity index (χ1) is 9.11. The highest BCUT2D eigenvalue weighted by molar-refractivity contribution is 9.10. The van der Waals surface area contributed by atoms with Gasteiger partial charge >= 0.3 is 0 Å². The highest BCUT2D eigenvalue weighted by Crippen LogP contribution is 2.39. The molecule has 19 heavy (non-hydrogen) atoms. The molecule has 102 valence electrons. The van der Waals surface area contributed by atoms with Crippen molar-refractivity contribution in [3.63, 3.8) is 0 Å². The minimum absolute atomic E-state index is 0.0365. The average molecular weight is 325 g/mol. The van der Waals surface area contributed by atoms with Gasteiger partial charge in [0.15, 0.2) is 0 Å². The lowest BCUT2D eigenvalue weighted by Gasteiger charge is -2.18. The summed E-state index contributed by atoms with van der Waals surface area (Å²) in [7, 11) is 0. The van der Waals surface area contributed by atoms with Crippen LogP contribution in [0.2, 0.25) is 0 Å². The Bertz CT molecular complexity index is 503. The highest BCUT2D eigenvalue weighted by atomic mass is 79.9. The van der Waals surface area contributed by atoms with Crippen LogP contribution in [-0.2, 0) is 4.79 Å². The van der Waals surface area contributed by atoms with Crippen LogP contribution in [0.25, 0.3) is 0 Å². The normalized spacial score (nSPS) is 22.6. The van der Waals surface area contributed by atoms with Crippen LogP contribution in [0.3, 0.4) is 0 Å². The van der Waals surface area contributed by atoms with Crippen molar-refractivity contribution in [3.05, 3.63) is 16.5 Å². The number of carbonyl (C=O) groups excluding carboxylic acids is 1. The fourth-order valence-electron chi connectivity index (χ4n) is 2.48. The minimum atomic E-state index is 0.0365. The highest BCUT2D eigenvalue weighted by Gasteiger charge is 2.29. The minimum Gasteiger partial charge on any atom is -0.354 e. The summed E-state index contributed by atoms with van der Waals surface area (Å²) in [6, 6.07) is 2.19. The van der Waals surface area contributed by atoms with Crippen molar-refractivity contribution in [2.24, 2.45) is 0 Å². The van der Waals surface area contributed by atoms with Crippen LogP contribution in [0, 0.1) is 0 Å². The van der Waals surface area contributed by atoms with Gasteiger partial charge in [-0.3, -0.25) is 4.79 Å². The number of amides is 1. The van der Waals surface area contributed by atoms with Crippen molar-refractivity contribution in [3.8, 4) is 0 Å². The quantitative estimate of drug-likeness (QED) is 0.862. The van der Waals surface area contributed by atoms with Crippen molar-refractivity contribution in [1.82, 2.24) is 15.3 Å². The standard InChI is InChI=1S/C13H17BrN4O/c1-8(19)15-10-4-5-18(7-10)12-6-11(14)16-13(17-12)9-2-3-9/h6,9-10H,2-5,7H2,1H3,(H,15,19). The van der Waals surface area contributed by atoms with E-state index in [2.05, 4.69) is 36.1 Å². The Morgan fingerprint density at radius 3 is 2.89 bits per heavy atom. The second-order valence-corrected chi connectivity index (χ2v) is 6.13. The van der Waals surface area contributed by atoms with Crippen molar-refractivity contribution in [2.45, 2.75) is 38.1 Å². The molecule has 1 saturated heterocycles. The van der Waals surface area contributed by atoms with E-state index in [-0.39, 0.29) is 11.9 Å². The molecule has 6 heteroatoms. The van der Waals surface area contributed by atoms with Gasteiger partial charge in [-0.15, -0.1) is 0 Å². The molecule has 1 aliphatic carbocycles. The third kappa shape index (κ3) is 3.05. The molecule has 0 aromatic carbocycles. The third-order valence-electron chi connectivity index (χ3n) is 3.56. The molecule has 1 saturated carbocycles. The third-order valence-corrected chi connectivity index (χ3v) is 3.97. The number of aromatic nitrogens is 2. The maximum atomic E-state index is 11.1. The number of rotatable bonds is 3. The predicted molar refractivity (Wildman–Crippen MR) is 76.1 cm³/mol. The maximum absolute atomic E-state index is 11.1. The summed E-state index contributed by atoms with van der Waals surface area (Å²) in [5, 5.41) is 2.97. The van der Waals surface area contributed by atoms with E-state index in [1.165, 1.54) is 12.8 Å². The smallest absolute Gasteiger partial charge is 0.217 e. The zero-order valence-electron chi connectivity index (χ0n) is 10.9. The lowest BCUT2D eigenvalue weighted by atomic mass is 10.3. The first-order valence-electron chi connectivity index (χ1n) is 6.68. The number of hydrogen-bond acceptors (Lipinski definition) is 4. The van der Waals surface area contributed by atoms with Gasteiger partial charge in [-0.25, -0.2) is 9.97 Å². The summed E-state index contributed by atoms with van der Waals surface area (Å²) in [6.07, 6.45) is 3.37. The molecule has 1 amide bonds. The maximum Gasteiger partial charge on any atom is 0.217 e. The van der Waals surface area contributed by atoms with Crippen molar-refractivity contribution >= 4 is 27.7 Å². The van der Waals surface area contributed by atoms with Gasteiger partial charge in [-0.1, -0.05) is 0 Å². The van der Waals surface area contributed by atoms with Crippen molar-refractivity contribution in [1.29, 1.82) is 0 Å². The fraction of sp³-hybridized carbons (Fsp3) is 0.615. The van der Waals surface area contributed by atoms with E-state index in [4.69, 9.17) is 0 Å². The SMILES string of the molecule is CC(=O)NC1CCN(c2cc(Br)nc(C3CC3)n2)C1. The summed E-state index contributed by atoms with van der Waals surface area (Å²) < 4.78 is 0.849. The molecule has 1 aliphatic heterocycles. The first-order valence-corrected chi connectivity index (χ1v) is 7.47. The number of carbonyl (C=O) groups is 1. The number of hydrogen-bond donors (Lipinski definition) is 1. The number of nitrogens with zero attached hydrogens (tertiary/aromatic N) is 3. The number of anilines is 1. The molecule has 2 aliphatic rings. The van der Waals surface area contributed by atoms with Crippen LogP contribution in [-0.4, -0.2) is 35.0 Å². The van der Waals surface area contributed by atoms with Crippen LogP contribution in [0.5, 0.6) is 0 Å². The Kier molecular flexibility index (Phi) is 3.43. The van der Waals surface area contributed by atoms with E-state index >= 15 is 0 Å². The Morgan fingerprint density at radius 2 is 2.21 bits per heavy atom. The molecule has 1 unspecified atom stereocenters. The van der Waals surface area contributed by atoms with E-state index in [0.717, 1.165) is 35.8 Å². The van der Waals surface area contributed by atoms with Crippen LogP contribution < -0.4 is 10.2 Å². The Labute approximate surface area is 120 Å². The van der Waals surface area contributed by atoms with Gasteiger partial charge in [0.1, 0.15) is 16.2 Å². The van der Waals surface area contributed by atoms with Gasteiger partial charge in [0.25, 0.3) is 0 Å². The Balaban J connectivity index is 1.74. The number of nitrogens with one attached hydrogen (secondary N) is 1.